The van der Waals surface area contributed by atoms with Crippen molar-refractivity contribution in [2.45, 2.75) is 50.2 Å². The number of amides is 4. The van der Waals surface area contributed by atoms with Gasteiger partial charge in [-0.05, 0) is 32.2 Å². The minimum Gasteiger partial charge on any atom is -0.480 e. The third-order valence-corrected chi connectivity index (χ3v) is 4.69. The Labute approximate surface area is 156 Å². The Morgan fingerprint density at radius 1 is 1.19 bits per heavy atom. The zero-order valence-electron chi connectivity index (χ0n) is 14.9. The van der Waals surface area contributed by atoms with Crippen LogP contribution in [-0.2, 0) is 24.0 Å². The molecule has 150 valence electrons. The first kappa shape index (κ1) is 20.6. The van der Waals surface area contributed by atoms with E-state index in [1.165, 1.54) is 4.90 Å². The minimum atomic E-state index is -1.20. The molecule has 27 heavy (non-hydrogen) atoms. The van der Waals surface area contributed by atoms with Gasteiger partial charge < -0.3 is 31.7 Å². The highest BCUT2D eigenvalue weighted by molar-refractivity contribution is 5.95. The smallest absolute Gasteiger partial charge is 0.326 e. The Kier molecular flexibility index (Phi) is 7.11. The third kappa shape index (κ3) is 5.64. The van der Waals surface area contributed by atoms with Crippen LogP contribution in [0.1, 0.15) is 32.1 Å². The number of rotatable bonds is 8. The summed E-state index contributed by atoms with van der Waals surface area (Å²) >= 11 is 0. The van der Waals surface area contributed by atoms with Crippen molar-refractivity contribution < 1.29 is 29.1 Å². The molecule has 3 atom stereocenters. The normalized spacial score (nSPS) is 22.9. The number of nitrogens with two attached hydrogens (primary N) is 1. The number of carboxylic acid groups (broad SMARTS) is 1. The summed E-state index contributed by atoms with van der Waals surface area (Å²) < 4.78 is 0. The van der Waals surface area contributed by atoms with Crippen molar-refractivity contribution in [3.63, 3.8) is 0 Å². The summed E-state index contributed by atoms with van der Waals surface area (Å²) in [6, 6.07) is -2.53. The van der Waals surface area contributed by atoms with Crippen molar-refractivity contribution in [1.82, 2.24) is 20.9 Å². The molecule has 6 N–H and O–H groups in total. The summed E-state index contributed by atoms with van der Waals surface area (Å²) in [5.74, 6) is -3.53. The van der Waals surface area contributed by atoms with Crippen molar-refractivity contribution in [2.75, 3.05) is 19.6 Å². The summed E-state index contributed by atoms with van der Waals surface area (Å²) in [4.78, 5) is 60.2. The maximum atomic E-state index is 12.3. The number of hydrogen-bond acceptors (Lipinski definition) is 6. The Balaban J connectivity index is 1.90. The lowest BCUT2D eigenvalue weighted by Gasteiger charge is -2.23. The molecule has 0 aliphatic carbocycles. The lowest BCUT2D eigenvalue weighted by atomic mass is 10.1. The van der Waals surface area contributed by atoms with Gasteiger partial charge in [0.25, 0.3) is 0 Å². The van der Waals surface area contributed by atoms with Crippen LogP contribution in [0.2, 0.25) is 0 Å². The van der Waals surface area contributed by atoms with Gasteiger partial charge in [-0.2, -0.15) is 0 Å². The number of nitrogens with zero attached hydrogens (tertiary/aromatic N) is 1. The van der Waals surface area contributed by atoms with Crippen molar-refractivity contribution >= 4 is 29.6 Å². The molecule has 2 fully saturated rings. The molecule has 0 radical (unpaired) electrons. The van der Waals surface area contributed by atoms with Gasteiger partial charge in [0, 0.05) is 6.54 Å². The highest BCUT2D eigenvalue weighted by Gasteiger charge is 2.34. The minimum absolute atomic E-state index is 0.306. The van der Waals surface area contributed by atoms with E-state index in [4.69, 9.17) is 10.8 Å². The fraction of sp³-hybridized carbons (Fsp3) is 0.688. The number of likely N-dealkylation sites (tertiary alicyclic amines) is 1. The number of carboxylic acids is 1. The van der Waals surface area contributed by atoms with Gasteiger partial charge in [0.1, 0.15) is 12.1 Å². The standard InChI is InChI=1S/C16H25N5O6/c17-12(22)7-10(20-15(25)9-3-1-5-18-9)14(24)19-8-13(23)21-6-2-4-11(21)16(26)27/h9-11,18H,1-8H2,(H2,17,22)(H,19,24)(H,20,25)(H,26,27). The second kappa shape index (κ2) is 9.31. The first-order valence-electron chi connectivity index (χ1n) is 8.91. The number of hydrogen-bond donors (Lipinski definition) is 5. The number of carbonyl (C=O) groups excluding carboxylic acids is 4. The molecule has 0 aromatic heterocycles. The molecule has 2 aliphatic heterocycles. The van der Waals surface area contributed by atoms with E-state index >= 15 is 0 Å². The number of primary amides is 1. The van der Waals surface area contributed by atoms with Crippen LogP contribution >= 0.6 is 0 Å². The molecule has 2 saturated heterocycles. The Morgan fingerprint density at radius 2 is 1.93 bits per heavy atom. The second-order valence-corrected chi connectivity index (χ2v) is 6.68. The molecule has 4 amide bonds. The van der Waals surface area contributed by atoms with Crippen molar-refractivity contribution in [1.29, 1.82) is 0 Å². The molecule has 11 heteroatoms. The van der Waals surface area contributed by atoms with Gasteiger partial charge in [-0.15, -0.1) is 0 Å². The zero-order valence-corrected chi connectivity index (χ0v) is 14.9. The fourth-order valence-corrected chi connectivity index (χ4v) is 3.30. The number of carbonyl (C=O) groups is 5. The molecule has 2 aliphatic rings. The lowest BCUT2D eigenvalue weighted by Crippen LogP contribution is -2.54. The van der Waals surface area contributed by atoms with Crippen LogP contribution in [0.4, 0.5) is 0 Å². The number of aliphatic carboxylic acids is 1. The first-order valence-corrected chi connectivity index (χ1v) is 8.91. The molecule has 2 heterocycles. The third-order valence-electron chi connectivity index (χ3n) is 4.69. The SMILES string of the molecule is NC(=O)CC(NC(=O)C1CCCN1)C(=O)NCC(=O)N1CCCC1C(=O)O. The van der Waals surface area contributed by atoms with E-state index in [9.17, 15) is 24.0 Å². The monoisotopic (exact) mass is 383 g/mol. The molecular weight excluding hydrogens is 358 g/mol. The van der Waals surface area contributed by atoms with E-state index in [1.807, 2.05) is 0 Å². The zero-order chi connectivity index (χ0) is 20.0. The van der Waals surface area contributed by atoms with E-state index in [2.05, 4.69) is 16.0 Å². The molecule has 11 nitrogen and oxygen atoms in total. The van der Waals surface area contributed by atoms with Gasteiger partial charge in [-0.3, -0.25) is 19.2 Å². The predicted molar refractivity (Wildman–Crippen MR) is 92.1 cm³/mol. The van der Waals surface area contributed by atoms with Crippen molar-refractivity contribution in [3.8, 4) is 0 Å². The predicted octanol–water partition coefficient (Wildman–Crippen LogP) is -2.71. The van der Waals surface area contributed by atoms with E-state index in [0.717, 1.165) is 6.42 Å². The van der Waals surface area contributed by atoms with Gasteiger partial charge in [0.15, 0.2) is 0 Å². The highest BCUT2D eigenvalue weighted by atomic mass is 16.4. The maximum absolute atomic E-state index is 12.3. The van der Waals surface area contributed by atoms with Crippen LogP contribution in [0.3, 0.4) is 0 Å². The Hall–Kier alpha value is -2.69. The van der Waals surface area contributed by atoms with Gasteiger partial charge >= 0.3 is 5.97 Å². The van der Waals surface area contributed by atoms with Crippen molar-refractivity contribution in [2.24, 2.45) is 5.73 Å². The molecule has 3 unspecified atom stereocenters. The highest BCUT2D eigenvalue weighted by Crippen LogP contribution is 2.17. The van der Waals surface area contributed by atoms with E-state index in [0.29, 0.717) is 32.4 Å². The number of nitrogens with one attached hydrogen (secondary N) is 3. The topological polar surface area (TPSA) is 171 Å². The molecule has 0 aromatic rings. The molecular formula is C16H25N5O6. The van der Waals surface area contributed by atoms with Crippen LogP contribution in [0, 0.1) is 0 Å². The summed E-state index contributed by atoms with van der Waals surface area (Å²) in [5, 5.41) is 16.9. The lowest BCUT2D eigenvalue weighted by molar-refractivity contribution is -0.148. The maximum Gasteiger partial charge on any atom is 0.326 e. The molecule has 2 rings (SSSR count). The van der Waals surface area contributed by atoms with Gasteiger partial charge in [-0.25, -0.2) is 4.79 Å². The second-order valence-electron chi connectivity index (χ2n) is 6.68. The van der Waals surface area contributed by atoms with Crippen LogP contribution in [0.25, 0.3) is 0 Å². The Morgan fingerprint density at radius 3 is 2.52 bits per heavy atom. The summed E-state index contributed by atoms with van der Waals surface area (Å²) in [6.45, 7) is 0.579. The van der Waals surface area contributed by atoms with Gasteiger partial charge in [0.05, 0.1) is 19.0 Å². The van der Waals surface area contributed by atoms with Gasteiger partial charge in [0.2, 0.25) is 23.6 Å². The molecule has 0 spiro atoms. The summed E-state index contributed by atoms with van der Waals surface area (Å²) in [5.41, 5.74) is 5.14. The molecule has 0 aromatic carbocycles. The van der Waals surface area contributed by atoms with Crippen LogP contribution < -0.4 is 21.7 Å². The van der Waals surface area contributed by atoms with Crippen LogP contribution in [0.15, 0.2) is 0 Å². The van der Waals surface area contributed by atoms with Crippen molar-refractivity contribution in [3.05, 3.63) is 0 Å². The quantitative estimate of drug-likeness (QED) is 0.303. The molecule has 0 saturated carbocycles. The largest absolute Gasteiger partial charge is 0.480 e. The fourth-order valence-electron chi connectivity index (χ4n) is 3.30. The summed E-state index contributed by atoms with van der Waals surface area (Å²) in [6.07, 6.45) is 2.00. The Bertz CT molecular complexity index is 618. The van der Waals surface area contributed by atoms with Crippen LogP contribution in [0.5, 0.6) is 0 Å². The van der Waals surface area contributed by atoms with E-state index in [-0.39, 0.29) is 0 Å². The average Bonchev–Trinajstić information content (AvgIpc) is 3.29. The van der Waals surface area contributed by atoms with Crippen LogP contribution in [-0.4, -0.2) is 77.4 Å². The van der Waals surface area contributed by atoms with E-state index < -0.39 is 60.7 Å². The van der Waals surface area contributed by atoms with Gasteiger partial charge in [-0.1, -0.05) is 0 Å². The molecule has 0 bridgehead atoms. The average molecular weight is 383 g/mol. The van der Waals surface area contributed by atoms with E-state index in [1.54, 1.807) is 0 Å². The first-order chi connectivity index (χ1) is 12.8. The summed E-state index contributed by atoms with van der Waals surface area (Å²) in [7, 11) is 0.